The summed E-state index contributed by atoms with van der Waals surface area (Å²) in [6.07, 6.45) is -0.760. The lowest BCUT2D eigenvalue weighted by molar-refractivity contribution is -0.129. The average molecular weight is 641 g/mol. The number of nitrogens with one attached hydrogen (secondary N) is 4. The van der Waals surface area contributed by atoms with Gasteiger partial charge in [-0.15, -0.1) is 0 Å². The van der Waals surface area contributed by atoms with Crippen molar-refractivity contribution in [3.8, 4) is 5.75 Å². The molecule has 4 N–H and O–H groups in total. The van der Waals surface area contributed by atoms with Gasteiger partial charge in [0.2, 0.25) is 11.8 Å². The molecule has 11 heteroatoms. The summed E-state index contributed by atoms with van der Waals surface area (Å²) in [6.45, 7) is 18.0. The van der Waals surface area contributed by atoms with Crippen molar-refractivity contribution in [1.29, 1.82) is 0 Å². The number of rotatable bonds is 12. The van der Waals surface area contributed by atoms with E-state index in [-0.39, 0.29) is 18.6 Å². The fraction of sp³-hybridized carbons (Fsp3) is 0.543. The number of carbonyl (C=O) groups excluding carboxylic acids is 4. The molecule has 254 valence electrons. The molecule has 0 aliphatic heterocycles. The van der Waals surface area contributed by atoms with Gasteiger partial charge in [-0.2, -0.15) is 0 Å². The molecular weight excluding hydrogens is 588 g/mol. The van der Waals surface area contributed by atoms with Crippen LogP contribution in [-0.4, -0.2) is 65.5 Å². The van der Waals surface area contributed by atoms with Crippen LogP contribution in [0.3, 0.4) is 0 Å². The Morgan fingerprint density at radius 2 is 1.15 bits per heavy atom. The van der Waals surface area contributed by atoms with E-state index in [9.17, 15) is 19.2 Å². The highest BCUT2D eigenvalue weighted by Gasteiger charge is 2.28. The monoisotopic (exact) mass is 640 g/mol. The van der Waals surface area contributed by atoms with Crippen LogP contribution in [0.25, 0.3) is 0 Å². The summed E-state index contributed by atoms with van der Waals surface area (Å²) in [4.78, 5) is 51.7. The molecule has 0 aromatic heterocycles. The van der Waals surface area contributed by atoms with Gasteiger partial charge in [0.05, 0.1) is 6.04 Å². The fourth-order valence-corrected chi connectivity index (χ4v) is 4.25. The van der Waals surface area contributed by atoms with Gasteiger partial charge in [0, 0.05) is 13.0 Å². The Morgan fingerprint density at radius 3 is 1.67 bits per heavy atom. The molecule has 0 aliphatic rings. The van der Waals surface area contributed by atoms with Crippen molar-refractivity contribution in [3.63, 3.8) is 0 Å². The molecule has 0 radical (unpaired) electrons. The summed E-state index contributed by atoms with van der Waals surface area (Å²) in [5, 5.41) is 11.0. The maximum absolute atomic E-state index is 13.4. The summed E-state index contributed by atoms with van der Waals surface area (Å²) in [6, 6.07) is 14.3. The summed E-state index contributed by atoms with van der Waals surface area (Å²) in [7, 11) is 0. The number of hydrogen-bond donors (Lipinski definition) is 4. The van der Waals surface area contributed by atoms with Gasteiger partial charge < -0.3 is 35.5 Å². The van der Waals surface area contributed by atoms with Crippen molar-refractivity contribution in [3.05, 3.63) is 65.7 Å². The van der Waals surface area contributed by atoms with E-state index in [1.807, 2.05) is 63.2 Å². The minimum Gasteiger partial charge on any atom is -0.488 e. The minimum atomic E-state index is -1.03. The Kier molecular flexibility index (Phi) is 13.5. The molecule has 0 bridgehead atoms. The van der Waals surface area contributed by atoms with E-state index < -0.39 is 53.3 Å². The first-order valence-corrected chi connectivity index (χ1v) is 15.6. The second kappa shape index (κ2) is 16.3. The van der Waals surface area contributed by atoms with Gasteiger partial charge in [0.1, 0.15) is 34.6 Å². The van der Waals surface area contributed by atoms with Gasteiger partial charge in [-0.3, -0.25) is 9.59 Å². The molecule has 46 heavy (non-hydrogen) atoms. The molecule has 3 atom stereocenters. The number of benzene rings is 2. The van der Waals surface area contributed by atoms with Crippen LogP contribution in [0.4, 0.5) is 9.59 Å². The van der Waals surface area contributed by atoms with E-state index in [1.54, 1.807) is 60.6 Å². The Balaban J connectivity index is 2.10. The third-order valence-corrected chi connectivity index (χ3v) is 6.12. The predicted octanol–water partition coefficient (Wildman–Crippen LogP) is 5.06. The highest BCUT2D eigenvalue weighted by atomic mass is 16.6. The van der Waals surface area contributed by atoms with E-state index in [4.69, 9.17) is 14.2 Å². The zero-order chi connectivity index (χ0) is 34.7. The smallest absolute Gasteiger partial charge is 0.408 e. The Bertz CT molecular complexity index is 1290. The third-order valence-electron chi connectivity index (χ3n) is 6.12. The van der Waals surface area contributed by atoms with E-state index in [0.717, 1.165) is 11.1 Å². The van der Waals surface area contributed by atoms with Crippen molar-refractivity contribution in [2.24, 2.45) is 0 Å². The number of carbonyl (C=O) groups is 4. The Hall–Kier alpha value is -4.28. The molecule has 2 aromatic rings. The van der Waals surface area contributed by atoms with Crippen LogP contribution < -0.4 is 26.0 Å². The summed E-state index contributed by atoms with van der Waals surface area (Å²) in [5.74, 6) is -0.345. The minimum absolute atomic E-state index is 0.0930. The van der Waals surface area contributed by atoms with Crippen LogP contribution >= 0.6 is 0 Å². The Labute approximate surface area is 273 Å². The normalized spacial score (nSPS) is 13.8. The first kappa shape index (κ1) is 37.9. The topological polar surface area (TPSA) is 144 Å². The molecule has 0 unspecified atom stereocenters. The van der Waals surface area contributed by atoms with Crippen LogP contribution in [0.5, 0.6) is 5.75 Å². The maximum Gasteiger partial charge on any atom is 0.408 e. The lowest BCUT2D eigenvalue weighted by Gasteiger charge is -2.26. The molecule has 0 spiro atoms. The zero-order valence-electron chi connectivity index (χ0n) is 28.9. The zero-order valence-corrected chi connectivity index (χ0v) is 28.9. The molecule has 0 saturated carbocycles. The van der Waals surface area contributed by atoms with E-state index in [2.05, 4.69) is 21.3 Å². The SMILES string of the molecule is C[C@@H](NC(=O)[C@H](Cc1ccc(OC(C)(C)C)cc1)NC(=O)OC(C)(C)C)C(=O)NC[C@H](Cc1ccccc1)NC(=O)OC(C)(C)C. The molecule has 0 heterocycles. The van der Waals surface area contributed by atoms with Gasteiger partial charge in [-0.05, 0) is 98.9 Å². The predicted molar refractivity (Wildman–Crippen MR) is 178 cm³/mol. The number of amides is 4. The van der Waals surface area contributed by atoms with Crippen LogP contribution in [0.1, 0.15) is 80.4 Å². The molecule has 0 fully saturated rings. The average Bonchev–Trinajstić information content (AvgIpc) is 2.89. The third kappa shape index (κ3) is 15.6. The second-order valence-electron chi connectivity index (χ2n) is 14.3. The van der Waals surface area contributed by atoms with Gasteiger partial charge in [0.15, 0.2) is 0 Å². The maximum atomic E-state index is 13.4. The Morgan fingerprint density at radius 1 is 0.630 bits per heavy atom. The highest BCUT2D eigenvalue weighted by molar-refractivity contribution is 5.91. The fourth-order valence-electron chi connectivity index (χ4n) is 4.25. The summed E-state index contributed by atoms with van der Waals surface area (Å²) >= 11 is 0. The lowest BCUT2D eigenvalue weighted by Crippen LogP contribution is -2.55. The van der Waals surface area contributed by atoms with Crippen molar-refractivity contribution in [2.45, 2.75) is 117 Å². The highest BCUT2D eigenvalue weighted by Crippen LogP contribution is 2.19. The largest absolute Gasteiger partial charge is 0.488 e. The van der Waals surface area contributed by atoms with Gasteiger partial charge in [-0.1, -0.05) is 42.5 Å². The van der Waals surface area contributed by atoms with Crippen LogP contribution in [0.15, 0.2) is 54.6 Å². The molecule has 4 amide bonds. The molecule has 2 rings (SSSR count). The van der Waals surface area contributed by atoms with E-state index in [1.165, 1.54) is 0 Å². The van der Waals surface area contributed by atoms with E-state index in [0.29, 0.717) is 12.2 Å². The van der Waals surface area contributed by atoms with Crippen LogP contribution in [0.2, 0.25) is 0 Å². The first-order valence-electron chi connectivity index (χ1n) is 15.6. The van der Waals surface area contributed by atoms with Crippen LogP contribution in [-0.2, 0) is 31.9 Å². The molecular formula is C35H52N4O7. The molecule has 0 saturated heterocycles. The summed E-state index contributed by atoms with van der Waals surface area (Å²) < 4.78 is 16.7. The van der Waals surface area contributed by atoms with Crippen molar-refractivity contribution >= 4 is 24.0 Å². The van der Waals surface area contributed by atoms with E-state index >= 15 is 0 Å². The quantitative estimate of drug-likeness (QED) is 0.254. The van der Waals surface area contributed by atoms with Crippen LogP contribution in [0, 0.1) is 0 Å². The molecule has 0 aliphatic carbocycles. The van der Waals surface area contributed by atoms with Crippen molar-refractivity contribution < 1.29 is 33.4 Å². The lowest BCUT2D eigenvalue weighted by atomic mass is 10.0. The second-order valence-corrected chi connectivity index (χ2v) is 14.3. The first-order chi connectivity index (χ1) is 21.2. The molecule has 2 aromatic carbocycles. The van der Waals surface area contributed by atoms with Gasteiger partial charge in [-0.25, -0.2) is 9.59 Å². The number of hydrogen-bond acceptors (Lipinski definition) is 7. The number of ether oxygens (including phenoxy) is 3. The van der Waals surface area contributed by atoms with Gasteiger partial charge >= 0.3 is 12.2 Å². The summed E-state index contributed by atoms with van der Waals surface area (Å²) in [5.41, 5.74) is -0.0878. The molecule has 11 nitrogen and oxygen atoms in total. The van der Waals surface area contributed by atoms with Gasteiger partial charge in [0.25, 0.3) is 0 Å². The van der Waals surface area contributed by atoms with Crippen molar-refractivity contribution in [1.82, 2.24) is 21.3 Å². The number of alkyl carbamates (subject to hydrolysis) is 2. The standard InChI is InChI=1S/C35H52N4O7/c1-23(29(40)36-22-26(20-24-14-12-11-13-15-24)38-31(42)45-34(5,6)7)37-30(41)28(39-32(43)46-35(8,9)10)21-25-16-18-27(19-17-25)44-33(2,3)4/h11-19,23,26,28H,20-22H2,1-10H3,(H,36,40)(H,37,41)(H,38,42)(H,39,43)/t23-,26+,28+/m1/s1. The van der Waals surface area contributed by atoms with Crippen molar-refractivity contribution in [2.75, 3.05) is 6.54 Å².